The summed E-state index contributed by atoms with van der Waals surface area (Å²) in [5.74, 6) is -0.445. The number of esters is 1. The van der Waals surface area contributed by atoms with E-state index in [1.165, 1.54) is 0 Å². The van der Waals surface area contributed by atoms with Crippen molar-refractivity contribution in [2.45, 2.75) is 37.0 Å². The molecule has 2 aromatic rings. The molecule has 28 heavy (non-hydrogen) atoms. The normalized spacial score (nSPS) is 16.6. The maximum Gasteiger partial charge on any atom is 0.338 e. The highest BCUT2D eigenvalue weighted by molar-refractivity contribution is 7.99. The first kappa shape index (κ1) is 20.0. The Kier molecular flexibility index (Phi) is 6.41. The molecule has 2 aromatic carbocycles. The van der Waals surface area contributed by atoms with Crippen LogP contribution in [-0.2, 0) is 9.53 Å². The second kappa shape index (κ2) is 8.97. The molecule has 5 nitrogen and oxygen atoms in total. The highest BCUT2D eigenvalue weighted by atomic mass is 32.2. The van der Waals surface area contributed by atoms with Gasteiger partial charge >= 0.3 is 12.0 Å². The third-order valence-corrected chi connectivity index (χ3v) is 5.23. The van der Waals surface area contributed by atoms with Crippen molar-refractivity contribution in [3.63, 3.8) is 0 Å². The molecule has 0 aliphatic carbocycles. The molecule has 1 aliphatic rings. The Balaban J connectivity index is 2.06. The minimum absolute atomic E-state index is 0.259. The molecule has 0 aromatic heterocycles. The summed E-state index contributed by atoms with van der Waals surface area (Å²) in [5, 5.41) is 6.13. The van der Waals surface area contributed by atoms with Crippen molar-refractivity contribution in [1.29, 1.82) is 0 Å². The monoisotopic (exact) mass is 396 g/mol. The first-order chi connectivity index (χ1) is 13.5. The first-order valence-electron chi connectivity index (χ1n) is 9.30. The largest absolute Gasteiger partial charge is 0.463 e. The number of thioether (sulfide) groups is 1. The summed E-state index contributed by atoms with van der Waals surface area (Å²) in [5.41, 5.74) is 2.47. The van der Waals surface area contributed by atoms with Crippen LogP contribution in [0.25, 0.3) is 5.70 Å². The SMILES string of the molecule is CCOC(=O)C1=C(c2ccccc2)NC(=O)NC1c1ccc(SC(C)C)cc1. The molecule has 146 valence electrons. The van der Waals surface area contributed by atoms with E-state index in [1.807, 2.05) is 54.6 Å². The molecule has 0 saturated carbocycles. The molecule has 3 rings (SSSR count). The minimum atomic E-state index is -0.582. The average molecular weight is 397 g/mol. The number of nitrogens with one attached hydrogen (secondary N) is 2. The van der Waals surface area contributed by atoms with Crippen molar-refractivity contribution < 1.29 is 14.3 Å². The van der Waals surface area contributed by atoms with E-state index in [0.717, 1.165) is 16.0 Å². The molecule has 0 bridgehead atoms. The number of urea groups is 1. The van der Waals surface area contributed by atoms with Gasteiger partial charge in [0.1, 0.15) is 0 Å². The van der Waals surface area contributed by atoms with Crippen LogP contribution < -0.4 is 10.6 Å². The number of carbonyl (C=O) groups is 2. The van der Waals surface area contributed by atoms with Crippen LogP contribution in [-0.4, -0.2) is 23.9 Å². The van der Waals surface area contributed by atoms with Crippen LogP contribution in [0, 0.1) is 0 Å². The fraction of sp³-hybridized carbons (Fsp3) is 0.273. The summed E-state index contributed by atoms with van der Waals surface area (Å²) in [4.78, 5) is 26.3. The van der Waals surface area contributed by atoms with Gasteiger partial charge in [0, 0.05) is 10.1 Å². The van der Waals surface area contributed by atoms with Crippen molar-refractivity contribution in [3.05, 3.63) is 71.3 Å². The summed E-state index contributed by atoms with van der Waals surface area (Å²) in [6.45, 7) is 6.30. The number of rotatable bonds is 6. The maximum absolute atomic E-state index is 12.8. The predicted molar refractivity (Wildman–Crippen MR) is 112 cm³/mol. The molecule has 1 atom stereocenters. The number of benzene rings is 2. The van der Waals surface area contributed by atoms with Crippen molar-refractivity contribution in [3.8, 4) is 0 Å². The van der Waals surface area contributed by atoms with Gasteiger partial charge in [0.2, 0.25) is 0 Å². The number of amides is 2. The molecular formula is C22H24N2O3S. The summed E-state index contributed by atoms with van der Waals surface area (Å²) >= 11 is 1.76. The minimum Gasteiger partial charge on any atom is -0.463 e. The number of hydrogen-bond donors (Lipinski definition) is 2. The predicted octanol–water partition coefficient (Wildman–Crippen LogP) is 4.52. The molecule has 0 saturated heterocycles. The lowest BCUT2D eigenvalue weighted by Crippen LogP contribution is -2.45. The van der Waals surface area contributed by atoms with Crippen LogP contribution in [0.2, 0.25) is 0 Å². The molecule has 6 heteroatoms. The molecule has 0 fully saturated rings. The summed E-state index contributed by atoms with van der Waals surface area (Å²) in [6.07, 6.45) is 0. The standard InChI is InChI=1S/C22H24N2O3S/c1-4-27-21(25)18-19(15-8-6-5-7-9-15)23-22(26)24-20(18)16-10-12-17(13-11-16)28-14(2)3/h5-14,20H,4H2,1-3H3,(H2,23,24,26). The number of hydrogen-bond acceptors (Lipinski definition) is 4. The third kappa shape index (κ3) is 4.57. The third-order valence-electron chi connectivity index (χ3n) is 4.22. The van der Waals surface area contributed by atoms with E-state index in [4.69, 9.17) is 4.74 Å². The molecule has 1 heterocycles. The number of carbonyl (C=O) groups excluding carboxylic acids is 2. The van der Waals surface area contributed by atoms with E-state index in [9.17, 15) is 9.59 Å². The van der Waals surface area contributed by atoms with Crippen molar-refractivity contribution in [2.24, 2.45) is 0 Å². The van der Waals surface area contributed by atoms with E-state index in [0.29, 0.717) is 16.5 Å². The first-order valence-corrected chi connectivity index (χ1v) is 10.2. The van der Waals surface area contributed by atoms with Crippen molar-refractivity contribution in [2.75, 3.05) is 6.61 Å². The second-order valence-corrected chi connectivity index (χ2v) is 8.29. The zero-order valence-corrected chi connectivity index (χ0v) is 17.0. The van der Waals surface area contributed by atoms with Gasteiger partial charge in [-0.2, -0.15) is 0 Å². The van der Waals surface area contributed by atoms with Crippen LogP contribution in [0.1, 0.15) is 37.9 Å². The highest BCUT2D eigenvalue weighted by Gasteiger charge is 2.34. The van der Waals surface area contributed by atoms with Gasteiger partial charge in [0.15, 0.2) is 0 Å². The van der Waals surface area contributed by atoms with Crippen LogP contribution in [0.3, 0.4) is 0 Å². The van der Waals surface area contributed by atoms with Gasteiger partial charge in [-0.15, -0.1) is 11.8 Å². The Bertz CT molecular complexity index is 876. The van der Waals surface area contributed by atoms with Crippen LogP contribution in [0.4, 0.5) is 4.79 Å². The van der Waals surface area contributed by atoms with Crippen LogP contribution in [0.5, 0.6) is 0 Å². The zero-order chi connectivity index (χ0) is 20.1. The van der Waals surface area contributed by atoms with Crippen LogP contribution in [0.15, 0.2) is 65.1 Å². The maximum atomic E-state index is 12.8. The van der Waals surface area contributed by atoms with Crippen molar-refractivity contribution >= 4 is 29.5 Å². The van der Waals surface area contributed by atoms with E-state index in [-0.39, 0.29) is 12.6 Å². The van der Waals surface area contributed by atoms with Crippen LogP contribution >= 0.6 is 11.8 Å². The zero-order valence-electron chi connectivity index (χ0n) is 16.2. The van der Waals surface area contributed by atoms with E-state index < -0.39 is 12.0 Å². The summed E-state index contributed by atoms with van der Waals surface area (Å²) in [7, 11) is 0. The molecule has 0 spiro atoms. The van der Waals surface area contributed by atoms with E-state index in [1.54, 1.807) is 18.7 Å². The molecular weight excluding hydrogens is 372 g/mol. The Morgan fingerprint density at radius 3 is 2.39 bits per heavy atom. The Hall–Kier alpha value is -2.73. The molecule has 0 radical (unpaired) electrons. The molecule has 1 aliphatic heterocycles. The van der Waals surface area contributed by atoms with Gasteiger partial charge in [-0.05, 0) is 30.2 Å². The Labute approximate surface area is 169 Å². The topological polar surface area (TPSA) is 67.4 Å². The summed E-state index contributed by atoms with van der Waals surface area (Å²) in [6, 6.07) is 16.3. The quantitative estimate of drug-likeness (QED) is 0.557. The highest BCUT2D eigenvalue weighted by Crippen LogP contribution is 2.33. The van der Waals surface area contributed by atoms with E-state index in [2.05, 4.69) is 24.5 Å². The lowest BCUT2D eigenvalue weighted by atomic mass is 9.93. The van der Waals surface area contributed by atoms with Gasteiger partial charge in [-0.3, -0.25) is 0 Å². The average Bonchev–Trinajstić information content (AvgIpc) is 2.68. The molecule has 2 amide bonds. The van der Waals surface area contributed by atoms with Crippen molar-refractivity contribution in [1.82, 2.24) is 10.6 Å². The van der Waals surface area contributed by atoms with Gasteiger partial charge in [0.05, 0.1) is 23.9 Å². The molecule has 2 N–H and O–H groups in total. The fourth-order valence-electron chi connectivity index (χ4n) is 3.09. The Morgan fingerprint density at radius 2 is 1.79 bits per heavy atom. The fourth-order valence-corrected chi connectivity index (χ4v) is 3.92. The van der Waals surface area contributed by atoms with Gasteiger partial charge in [-0.1, -0.05) is 56.3 Å². The van der Waals surface area contributed by atoms with Gasteiger partial charge in [0.25, 0.3) is 0 Å². The van der Waals surface area contributed by atoms with Gasteiger partial charge < -0.3 is 15.4 Å². The Morgan fingerprint density at radius 1 is 1.11 bits per heavy atom. The number of ether oxygens (including phenoxy) is 1. The molecule has 1 unspecified atom stereocenters. The smallest absolute Gasteiger partial charge is 0.338 e. The second-order valence-electron chi connectivity index (χ2n) is 6.64. The lowest BCUT2D eigenvalue weighted by Gasteiger charge is -2.29. The van der Waals surface area contributed by atoms with E-state index >= 15 is 0 Å². The lowest BCUT2D eigenvalue weighted by molar-refractivity contribution is -0.138. The summed E-state index contributed by atoms with van der Waals surface area (Å²) < 4.78 is 5.30. The van der Waals surface area contributed by atoms with Gasteiger partial charge in [-0.25, -0.2) is 9.59 Å².